The maximum Gasteiger partial charge on any atom is 0.206 e. The summed E-state index contributed by atoms with van der Waals surface area (Å²) in [4.78, 5) is 20.7. The maximum absolute atomic E-state index is 12.6. The minimum absolute atomic E-state index is 0.133. The molecule has 0 aromatic carbocycles. The Morgan fingerprint density at radius 1 is 1.40 bits per heavy atom. The number of pyridine rings is 1. The fourth-order valence-corrected chi connectivity index (χ4v) is 2.42. The molecule has 0 saturated heterocycles. The fourth-order valence-electron chi connectivity index (χ4n) is 2.42. The first-order valence-corrected chi connectivity index (χ1v) is 7.56. The van der Waals surface area contributed by atoms with Gasteiger partial charge in [0, 0.05) is 25.6 Å². The second-order valence-electron chi connectivity index (χ2n) is 5.34. The number of aliphatic hydroxyl groups excluding tert-OH is 1. The summed E-state index contributed by atoms with van der Waals surface area (Å²) in [5.41, 5.74) is 2.10. The van der Waals surface area contributed by atoms with Crippen molar-refractivity contribution in [2.75, 3.05) is 7.11 Å². The molecule has 3 aromatic heterocycles. The number of hydrogen-bond donors (Lipinski definition) is 2. The molecule has 3 heterocycles. The zero-order valence-corrected chi connectivity index (χ0v) is 13.6. The highest BCUT2D eigenvalue weighted by Crippen LogP contribution is 2.15. The Morgan fingerprint density at radius 2 is 2.28 bits per heavy atom. The molecule has 3 rings (SSSR count). The zero-order chi connectivity index (χ0) is 17.6. The van der Waals surface area contributed by atoms with E-state index < -0.39 is 0 Å². The molecule has 0 atom stereocenters. The Bertz CT molecular complexity index is 869. The summed E-state index contributed by atoms with van der Waals surface area (Å²) in [6.45, 7) is 0.815. The van der Waals surface area contributed by atoms with Crippen LogP contribution in [0.25, 0.3) is 5.76 Å². The van der Waals surface area contributed by atoms with E-state index in [1.807, 2.05) is 24.4 Å². The number of ketones is 1. The molecule has 0 unspecified atom stereocenters. The summed E-state index contributed by atoms with van der Waals surface area (Å²) < 4.78 is 6.92. The Kier molecular flexibility index (Phi) is 5.00. The van der Waals surface area contributed by atoms with Crippen molar-refractivity contribution in [1.29, 1.82) is 0 Å². The van der Waals surface area contributed by atoms with Gasteiger partial charge in [-0.05, 0) is 23.8 Å². The number of methoxy groups -OCH3 is 1. The van der Waals surface area contributed by atoms with Crippen molar-refractivity contribution in [2.45, 2.75) is 13.2 Å². The third-order valence-electron chi connectivity index (χ3n) is 3.50. The van der Waals surface area contributed by atoms with Gasteiger partial charge in [-0.1, -0.05) is 6.07 Å². The highest BCUT2D eigenvalue weighted by atomic mass is 16.5. The Labute approximate surface area is 143 Å². The molecule has 128 valence electrons. The number of H-pyrrole nitrogens is 1. The SMILES string of the molecule is COCc1cc(C(=O)C=C(O)c2ncn[nH]2)n(Cc2ccccn2)c1. The van der Waals surface area contributed by atoms with Gasteiger partial charge in [0.2, 0.25) is 5.78 Å². The van der Waals surface area contributed by atoms with Crippen LogP contribution in [0.15, 0.2) is 49.1 Å². The first kappa shape index (κ1) is 16.6. The summed E-state index contributed by atoms with van der Waals surface area (Å²) in [5.74, 6) is -0.498. The summed E-state index contributed by atoms with van der Waals surface area (Å²) in [6.07, 6.45) is 5.91. The summed E-state index contributed by atoms with van der Waals surface area (Å²) >= 11 is 0. The lowest BCUT2D eigenvalue weighted by molar-refractivity contribution is 0.103. The number of nitrogens with zero attached hydrogens (tertiary/aromatic N) is 4. The van der Waals surface area contributed by atoms with Gasteiger partial charge in [-0.3, -0.25) is 14.9 Å². The molecule has 0 aliphatic heterocycles. The van der Waals surface area contributed by atoms with Gasteiger partial charge in [-0.15, -0.1) is 0 Å². The number of rotatable bonds is 7. The van der Waals surface area contributed by atoms with E-state index >= 15 is 0 Å². The minimum atomic E-state index is -0.354. The zero-order valence-electron chi connectivity index (χ0n) is 13.6. The standard InChI is InChI=1S/C17H17N5O3/c1-25-10-12-6-14(15(23)7-16(24)17-19-11-20-21-17)22(8-12)9-13-4-2-3-5-18-13/h2-8,11,24H,9-10H2,1H3,(H,19,20,21). The van der Waals surface area contributed by atoms with Crippen LogP contribution >= 0.6 is 0 Å². The van der Waals surface area contributed by atoms with Crippen molar-refractivity contribution in [2.24, 2.45) is 0 Å². The fraction of sp³-hybridized carbons (Fsp3) is 0.176. The normalized spacial score (nSPS) is 11.6. The largest absolute Gasteiger partial charge is 0.504 e. The molecule has 0 amide bonds. The van der Waals surface area contributed by atoms with Crippen molar-refractivity contribution in [1.82, 2.24) is 24.7 Å². The van der Waals surface area contributed by atoms with Gasteiger partial charge in [0.25, 0.3) is 0 Å². The van der Waals surface area contributed by atoms with Gasteiger partial charge < -0.3 is 14.4 Å². The predicted molar refractivity (Wildman–Crippen MR) is 89.8 cm³/mol. The van der Waals surface area contributed by atoms with Gasteiger partial charge in [-0.25, -0.2) is 4.98 Å². The minimum Gasteiger partial charge on any atom is -0.504 e. The van der Waals surface area contributed by atoms with E-state index in [0.717, 1.165) is 17.3 Å². The highest BCUT2D eigenvalue weighted by molar-refractivity contribution is 6.06. The second kappa shape index (κ2) is 7.54. The van der Waals surface area contributed by atoms with Gasteiger partial charge in [-0.2, -0.15) is 5.10 Å². The molecule has 0 aliphatic carbocycles. The van der Waals surface area contributed by atoms with Crippen molar-refractivity contribution < 1.29 is 14.6 Å². The quantitative estimate of drug-likeness (QED) is 0.387. The van der Waals surface area contributed by atoms with Gasteiger partial charge >= 0.3 is 0 Å². The molecule has 0 fully saturated rings. The van der Waals surface area contributed by atoms with E-state index in [0.29, 0.717) is 18.8 Å². The van der Waals surface area contributed by atoms with E-state index in [1.165, 1.54) is 6.33 Å². The lowest BCUT2D eigenvalue weighted by Gasteiger charge is -2.06. The monoisotopic (exact) mass is 339 g/mol. The first-order chi connectivity index (χ1) is 12.2. The molecule has 8 nitrogen and oxygen atoms in total. The molecule has 0 radical (unpaired) electrons. The van der Waals surface area contributed by atoms with Crippen LogP contribution in [0.5, 0.6) is 0 Å². The van der Waals surface area contributed by atoms with Crippen molar-refractivity contribution in [3.8, 4) is 0 Å². The molecule has 0 bridgehead atoms. The lowest BCUT2D eigenvalue weighted by atomic mass is 10.2. The van der Waals surface area contributed by atoms with E-state index in [4.69, 9.17) is 4.74 Å². The van der Waals surface area contributed by atoms with Crippen LogP contribution in [0.2, 0.25) is 0 Å². The number of aliphatic hydroxyl groups is 1. The van der Waals surface area contributed by atoms with Crippen LogP contribution in [0, 0.1) is 0 Å². The van der Waals surface area contributed by atoms with Crippen LogP contribution in [0.1, 0.15) is 27.6 Å². The third-order valence-corrected chi connectivity index (χ3v) is 3.50. The molecular formula is C17H17N5O3. The van der Waals surface area contributed by atoms with Gasteiger partial charge in [0.1, 0.15) is 6.33 Å². The molecular weight excluding hydrogens is 322 g/mol. The van der Waals surface area contributed by atoms with Crippen molar-refractivity contribution >= 4 is 11.5 Å². The van der Waals surface area contributed by atoms with Crippen molar-refractivity contribution in [3.05, 3.63) is 71.8 Å². The van der Waals surface area contributed by atoms with Crippen molar-refractivity contribution in [3.63, 3.8) is 0 Å². The third kappa shape index (κ3) is 3.99. The number of nitrogens with one attached hydrogen (secondary N) is 1. The number of allylic oxidation sites excluding steroid dienone is 1. The van der Waals surface area contributed by atoms with E-state index in [2.05, 4.69) is 20.2 Å². The number of hydrogen-bond acceptors (Lipinski definition) is 6. The molecule has 25 heavy (non-hydrogen) atoms. The lowest BCUT2D eigenvalue weighted by Crippen LogP contribution is -2.09. The second-order valence-corrected chi connectivity index (χ2v) is 5.34. The van der Waals surface area contributed by atoms with Crippen LogP contribution < -0.4 is 0 Å². The average molecular weight is 339 g/mol. The van der Waals surface area contributed by atoms with E-state index in [-0.39, 0.29) is 17.4 Å². The van der Waals surface area contributed by atoms with Crippen LogP contribution in [0.3, 0.4) is 0 Å². The Balaban J connectivity index is 1.90. The number of ether oxygens (including phenoxy) is 1. The number of aromatic nitrogens is 5. The van der Waals surface area contributed by atoms with E-state index in [9.17, 15) is 9.90 Å². The van der Waals surface area contributed by atoms with Crippen LogP contribution in [-0.2, 0) is 17.9 Å². The number of aromatic amines is 1. The van der Waals surface area contributed by atoms with E-state index in [1.54, 1.807) is 23.9 Å². The molecule has 0 saturated carbocycles. The average Bonchev–Trinajstić information content (AvgIpc) is 3.26. The molecule has 3 aromatic rings. The maximum atomic E-state index is 12.6. The number of carbonyl (C=O) groups is 1. The Hall–Kier alpha value is -3.26. The summed E-state index contributed by atoms with van der Waals surface area (Å²) in [7, 11) is 1.59. The highest BCUT2D eigenvalue weighted by Gasteiger charge is 2.15. The summed E-state index contributed by atoms with van der Waals surface area (Å²) in [6, 6.07) is 7.34. The Morgan fingerprint density at radius 3 is 2.96 bits per heavy atom. The van der Waals surface area contributed by atoms with Gasteiger partial charge in [0.15, 0.2) is 11.6 Å². The molecule has 2 N–H and O–H groups in total. The molecule has 0 spiro atoms. The smallest absolute Gasteiger partial charge is 0.206 e. The van der Waals surface area contributed by atoms with Crippen LogP contribution in [0.4, 0.5) is 0 Å². The topological polar surface area (TPSA) is 106 Å². The van der Waals surface area contributed by atoms with Crippen LogP contribution in [-0.4, -0.2) is 42.7 Å². The molecule has 8 heteroatoms. The first-order valence-electron chi connectivity index (χ1n) is 7.56. The number of carbonyl (C=O) groups excluding carboxylic acids is 1. The summed E-state index contributed by atoms with van der Waals surface area (Å²) in [5, 5.41) is 16.1. The van der Waals surface area contributed by atoms with Gasteiger partial charge in [0.05, 0.1) is 24.5 Å². The molecule has 0 aliphatic rings. The predicted octanol–water partition coefficient (Wildman–Crippen LogP) is 1.98.